The van der Waals surface area contributed by atoms with Gasteiger partial charge in [0.1, 0.15) is 5.75 Å². The molecule has 6 nitrogen and oxygen atoms in total. The Morgan fingerprint density at radius 2 is 1.59 bits per heavy atom. The molecule has 3 aromatic carbocycles. The minimum atomic E-state index is -0.143. The lowest BCUT2D eigenvalue weighted by Gasteiger charge is -2.13. The maximum atomic E-state index is 13.2. The van der Waals surface area contributed by atoms with Crippen LogP contribution in [-0.4, -0.2) is 49.6 Å². The molecule has 0 saturated carbocycles. The van der Waals surface area contributed by atoms with Crippen molar-refractivity contribution >= 4 is 17.3 Å². The highest BCUT2D eigenvalue weighted by atomic mass is 16.5. The van der Waals surface area contributed by atoms with Gasteiger partial charge >= 0.3 is 0 Å². The van der Waals surface area contributed by atoms with Crippen molar-refractivity contribution in [2.24, 2.45) is 0 Å². The van der Waals surface area contributed by atoms with Gasteiger partial charge in [-0.15, -0.1) is 0 Å². The number of hydrogen-bond acceptors (Lipinski definition) is 5. The second-order valence-electron chi connectivity index (χ2n) is 9.10. The van der Waals surface area contributed by atoms with Gasteiger partial charge in [0.2, 0.25) is 0 Å². The highest BCUT2D eigenvalue weighted by Gasteiger charge is 2.13. The molecule has 0 radical (unpaired) electrons. The highest BCUT2D eigenvalue weighted by molar-refractivity contribution is 6.08. The van der Waals surface area contributed by atoms with Crippen LogP contribution >= 0.6 is 0 Å². The van der Waals surface area contributed by atoms with Crippen LogP contribution in [0.5, 0.6) is 5.75 Å². The fourth-order valence-electron chi connectivity index (χ4n) is 3.99. The number of ether oxygens (including phenoxy) is 1. The van der Waals surface area contributed by atoms with Crippen LogP contribution in [0.25, 0.3) is 11.1 Å². The van der Waals surface area contributed by atoms with Crippen LogP contribution in [0.3, 0.4) is 0 Å². The Balaban J connectivity index is 1.34. The molecule has 0 bridgehead atoms. The van der Waals surface area contributed by atoms with E-state index in [1.54, 1.807) is 0 Å². The van der Waals surface area contributed by atoms with Crippen LogP contribution in [-0.2, 0) is 6.42 Å². The zero-order chi connectivity index (χ0) is 25.9. The molecule has 0 spiro atoms. The summed E-state index contributed by atoms with van der Waals surface area (Å²) in [5.74, 6) is 0.689. The van der Waals surface area contributed by atoms with E-state index in [9.17, 15) is 4.79 Å². The number of nitrogens with one attached hydrogen (secondary N) is 2. The van der Waals surface area contributed by atoms with Crippen molar-refractivity contribution in [2.45, 2.75) is 12.8 Å². The van der Waals surface area contributed by atoms with Gasteiger partial charge in [0.15, 0.2) is 0 Å². The Hall–Kier alpha value is -4.16. The van der Waals surface area contributed by atoms with E-state index in [0.29, 0.717) is 12.2 Å². The molecule has 0 aliphatic heterocycles. The summed E-state index contributed by atoms with van der Waals surface area (Å²) in [4.78, 5) is 19.6. The first-order valence-corrected chi connectivity index (χ1v) is 12.6. The first-order chi connectivity index (χ1) is 18.1. The second kappa shape index (κ2) is 13.2. The molecule has 1 heterocycles. The topological polar surface area (TPSA) is 66.5 Å². The zero-order valence-corrected chi connectivity index (χ0v) is 21.5. The smallest absolute Gasteiger partial charge is 0.256 e. The number of carbonyl (C=O) groups is 1. The number of nitrogens with zero attached hydrogens (tertiary/aromatic N) is 2. The molecular formula is C31H34N4O2. The number of rotatable bonds is 12. The number of hydrogen-bond donors (Lipinski definition) is 2. The molecule has 0 fully saturated rings. The molecular weight excluding hydrogens is 460 g/mol. The van der Waals surface area contributed by atoms with Crippen molar-refractivity contribution in [1.29, 1.82) is 0 Å². The monoisotopic (exact) mass is 494 g/mol. The molecule has 4 aromatic rings. The number of aromatic nitrogens is 1. The van der Waals surface area contributed by atoms with Gasteiger partial charge in [0.25, 0.3) is 5.91 Å². The third kappa shape index (κ3) is 7.92. The lowest BCUT2D eigenvalue weighted by Crippen LogP contribution is -2.15. The lowest BCUT2D eigenvalue weighted by atomic mass is 9.99. The first kappa shape index (κ1) is 25.9. The van der Waals surface area contributed by atoms with Gasteiger partial charge in [-0.3, -0.25) is 9.78 Å². The zero-order valence-electron chi connectivity index (χ0n) is 21.5. The standard InChI is InChI=1S/C31H34N4O2/c1-35(2)22-7-23-37-28-17-11-24(12-18-28)29-9-3-4-10-30(29)31(36)34-27-15-13-26(14-16-27)33-21-19-25-8-5-6-20-32-25/h3-6,8-18,20,33H,7,19,21-23H2,1-2H3,(H,34,36). The summed E-state index contributed by atoms with van der Waals surface area (Å²) in [5, 5.41) is 6.42. The van der Waals surface area contributed by atoms with E-state index in [4.69, 9.17) is 4.74 Å². The molecule has 2 N–H and O–H groups in total. The Morgan fingerprint density at radius 1 is 0.865 bits per heavy atom. The molecule has 0 unspecified atom stereocenters. The van der Waals surface area contributed by atoms with Gasteiger partial charge in [-0.1, -0.05) is 36.4 Å². The molecule has 37 heavy (non-hydrogen) atoms. The minimum absolute atomic E-state index is 0.143. The molecule has 1 amide bonds. The number of benzene rings is 3. The van der Waals surface area contributed by atoms with Gasteiger partial charge in [0.05, 0.1) is 6.61 Å². The molecule has 0 atom stereocenters. The van der Waals surface area contributed by atoms with Crippen LogP contribution in [0.2, 0.25) is 0 Å². The Kier molecular flexibility index (Phi) is 9.27. The molecule has 6 heteroatoms. The second-order valence-corrected chi connectivity index (χ2v) is 9.10. The highest BCUT2D eigenvalue weighted by Crippen LogP contribution is 2.27. The molecule has 0 aliphatic carbocycles. The van der Waals surface area contributed by atoms with Crippen molar-refractivity contribution in [3.8, 4) is 16.9 Å². The van der Waals surface area contributed by atoms with E-state index >= 15 is 0 Å². The van der Waals surface area contributed by atoms with Gasteiger partial charge < -0.3 is 20.3 Å². The maximum Gasteiger partial charge on any atom is 0.256 e. The molecule has 4 rings (SSSR count). The van der Waals surface area contributed by atoms with Gasteiger partial charge in [-0.05, 0) is 86.2 Å². The average molecular weight is 495 g/mol. The summed E-state index contributed by atoms with van der Waals surface area (Å²) >= 11 is 0. The normalized spacial score (nSPS) is 10.8. The minimum Gasteiger partial charge on any atom is -0.494 e. The van der Waals surface area contributed by atoms with Gasteiger partial charge in [-0.25, -0.2) is 0 Å². The molecule has 1 aromatic heterocycles. The average Bonchev–Trinajstić information content (AvgIpc) is 2.93. The third-order valence-corrected chi connectivity index (χ3v) is 5.93. The van der Waals surface area contributed by atoms with E-state index < -0.39 is 0 Å². The lowest BCUT2D eigenvalue weighted by molar-refractivity contribution is 0.102. The number of carbonyl (C=O) groups excluding carboxylic acids is 1. The van der Waals surface area contributed by atoms with Crippen LogP contribution in [0.1, 0.15) is 22.5 Å². The van der Waals surface area contributed by atoms with E-state index in [2.05, 4.69) is 34.6 Å². The van der Waals surface area contributed by atoms with E-state index in [1.165, 1.54) is 0 Å². The summed E-state index contributed by atoms with van der Waals surface area (Å²) in [5.41, 5.74) is 5.28. The van der Waals surface area contributed by atoms with Crippen LogP contribution in [0.15, 0.2) is 97.2 Å². The summed E-state index contributed by atoms with van der Waals surface area (Å²) in [6.45, 7) is 2.46. The summed E-state index contributed by atoms with van der Waals surface area (Å²) < 4.78 is 5.85. The Bertz CT molecular complexity index is 1260. The van der Waals surface area contributed by atoms with E-state index in [-0.39, 0.29) is 5.91 Å². The van der Waals surface area contributed by atoms with Crippen molar-refractivity contribution in [3.05, 3.63) is 108 Å². The van der Waals surface area contributed by atoms with Gasteiger partial charge in [0, 0.05) is 48.3 Å². The van der Waals surface area contributed by atoms with Crippen LogP contribution in [0, 0.1) is 0 Å². The van der Waals surface area contributed by atoms with Gasteiger partial charge in [-0.2, -0.15) is 0 Å². The van der Waals surface area contributed by atoms with Crippen molar-refractivity contribution < 1.29 is 9.53 Å². The summed E-state index contributed by atoms with van der Waals surface area (Å²) in [7, 11) is 4.11. The predicted octanol–water partition coefficient (Wildman–Crippen LogP) is 5.99. The van der Waals surface area contributed by atoms with Crippen molar-refractivity contribution in [1.82, 2.24) is 9.88 Å². The maximum absolute atomic E-state index is 13.2. The SMILES string of the molecule is CN(C)CCCOc1ccc(-c2ccccc2C(=O)Nc2ccc(NCCc3ccccn3)cc2)cc1. The quantitative estimate of drug-likeness (QED) is 0.237. The van der Waals surface area contributed by atoms with E-state index in [0.717, 1.165) is 59.9 Å². The Labute approximate surface area is 219 Å². The van der Waals surface area contributed by atoms with Crippen molar-refractivity contribution in [2.75, 3.05) is 44.4 Å². The summed E-state index contributed by atoms with van der Waals surface area (Å²) in [6, 6.07) is 29.3. The van der Waals surface area contributed by atoms with Crippen molar-refractivity contribution in [3.63, 3.8) is 0 Å². The molecule has 190 valence electrons. The number of amides is 1. The fraction of sp³-hybridized carbons (Fsp3) is 0.226. The van der Waals surface area contributed by atoms with Crippen LogP contribution < -0.4 is 15.4 Å². The third-order valence-electron chi connectivity index (χ3n) is 5.93. The number of pyridine rings is 1. The first-order valence-electron chi connectivity index (χ1n) is 12.6. The molecule has 0 saturated heterocycles. The largest absolute Gasteiger partial charge is 0.494 e. The Morgan fingerprint density at radius 3 is 2.32 bits per heavy atom. The molecule has 0 aliphatic rings. The number of anilines is 2. The van der Waals surface area contributed by atoms with E-state index in [1.807, 2.05) is 97.2 Å². The van der Waals surface area contributed by atoms with Crippen LogP contribution in [0.4, 0.5) is 11.4 Å². The summed E-state index contributed by atoms with van der Waals surface area (Å²) in [6.07, 6.45) is 3.63. The fourth-order valence-corrected chi connectivity index (χ4v) is 3.99. The predicted molar refractivity (Wildman–Crippen MR) is 151 cm³/mol.